The predicted molar refractivity (Wildman–Crippen MR) is 83.6 cm³/mol. The van der Waals surface area contributed by atoms with E-state index in [1.165, 1.54) is 11.1 Å². The largest absolute Gasteiger partial charge is 0.298 e. The van der Waals surface area contributed by atoms with Gasteiger partial charge >= 0.3 is 0 Å². The number of fused-ring (bicyclic) bond motifs is 1. The van der Waals surface area contributed by atoms with E-state index >= 15 is 0 Å². The zero-order valence-corrected chi connectivity index (χ0v) is 11.9. The zero-order chi connectivity index (χ0) is 14.8. The summed E-state index contributed by atoms with van der Waals surface area (Å²) in [6, 6.07) is 0. The average Bonchev–Trinajstić information content (AvgIpc) is 2.51. The third kappa shape index (κ3) is 2.70. The van der Waals surface area contributed by atoms with Gasteiger partial charge in [-0.3, -0.25) is 9.59 Å². The van der Waals surface area contributed by atoms with Crippen molar-refractivity contribution in [3.05, 3.63) is 81.5 Å². The fourth-order valence-electron chi connectivity index (χ4n) is 2.88. The molecule has 0 fully saturated rings. The Morgan fingerprint density at radius 2 is 1.81 bits per heavy atom. The highest BCUT2D eigenvalue weighted by Gasteiger charge is 2.20. The monoisotopic (exact) mass is 276 g/mol. The summed E-state index contributed by atoms with van der Waals surface area (Å²) in [6.07, 6.45) is 17.2. The molecule has 0 aromatic carbocycles. The van der Waals surface area contributed by atoms with Gasteiger partial charge in [-0.2, -0.15) is 0 Å². The normalized spacial score (nSPS) is 25.7. The van der Waals surface area contributed by atoms with Crippen LogP contribution in [0.2, 0.25) is 0 Å². The molecule has 0 aliphatic heterocycles. The van der Waals surface area contributed by atoms with E-state index in [2.05, 4.69) is 6.08 Å². The van der Waals surface area contributed by atoms with Gasteiger partial charge in [0.15, 0.2) is 0 Å². The molecule has 0 heterocycles. The van der Waals surface area contributed by atoms with Crippen LogP contribution < -0.4 is 0 Å². The van der Waals surface area contributed by atoms with E-state index in [4.69, 9.17) is 0 Å². The maximum Gasteiger partial charge on any atom is 0.150 e. The molecule has 2 bridgehead atoms. The number of carbonyl (C=O) groups excluding carboxylic acids is 2. The number of carbonyl (C=O) groups is 2. The molecule has 21 heavy (non-hydrogen) atoms. The Kier molecular flexibility index (Phi) is 3.53. The van der Waals surface area contributed by atoms with Crippen molar-refractivity contribution >= 4 is 12.6 Å². The number of aldehydes is 2. The molecule has 0 saturated carbocycles. The van der Waals surface area contributed by atoms with Crippen molar-refractivity contribution in [2.24, 2.45) is 0 Å². The van der Waals surface area contributed by atoms with E-state index in [0.717, 1.165) is 41.3 Å². The summed E-state index contributed by atoms with van der Waals surface area (Å²) in [4.78, 5) is 22.3. The van der Waals surface area contributed by atoms with Crippen molar-refractivity contribution in [3.63, 3.8) is 0 Å². The Morgan fingerprint density at radius 1 is 0.952 bits per heavy atom. The zero-order valence-electron chi connectivity index (χ0n) is 11.9. The number of rotatable bonds is 2. The fraction of sp³-hybridized carbons (Fsp3) is 0.158. The van der Waals surface area contributed by atoms with Gasteiger partial charge in [0.05, 0.1) is 0 Å². The lowest BCUT2D eigenvalue weighted by atomic mass is 9.80. The van der Waals surface area contributed by atoms with Gasteiger partial charge in [0.2, 0.25) is 0 Å². The van der Waals surface area contributed by atoms with Crippen LogP contribution in [0.3, 0.4) is 0 Å². The van der Waals surface area contributed by atoms with Crippen molar-refractivity contribution in [1.29, 1.82) is 0 Å². The third-order valence-corrected chi connectivity index (χ3v) is 3.91. The minimum atomic E-state index is 0.678. The molecular formula is C19H16O2. The summed E-state index contributed by atoms with van der Waals surface area (Å²) in [5.41, 5.74) is 7.19. The molecule has 0 aromatic rings. The van der Waals surface area contributed by atoms with Crippen LogP contribution in [0.25, 0.3) is 0 Å². The van der Waals surface area contributed by atoms with E-state index in [-0.39, 0.29) is 0 Å². The summed E-state index contributed by atoms with van der Waals surface area (Å²) in [5, 5.41) is 0. The Hall–Kier alpha value is -2.48. The third-order valence-electron chi connectivity index (χ3n) is 3.91. The molecule has 0 spiro atoms. The van der Waals surface area contributed by atoms with E-state index in [1.807, 2.05) is 43.4 Å². The van der Waals surface area contributed by atoms with E-state index < -0.39 is 0 Å². The Bertz CT molecular complexity index is 732. The van der Waals surface area contributed by atoms with Crippen LogP contribution >= 0.6 is 0 Å². The number of hydrogen-bond donors (Lipinski definition) is 0. The second kappa shape index (κ2) is 5.49. The second-order valence-corrected chi connectivity index (χ2v) is 5.54. The van der Waals surface area contributed by atoms with Crippen LogP contribution in [0.5, 0.6) is 0 Å². The molecule has 104 valence electrons. The van der Waals surface area contributed by atoms with Crippen molar-refractivity contribution in [2.75, 3.05) is 0 Å². The first-order chi connectivity index (χ1) is 10.2. The molecule has 3 aliphatic carbocycles. The summed E-state index contributed by atoms with van der Waals surface area (Å²) in [6.45, 7) is 1.97. The lowest BCUT2D eigenvalue weighted by Gasteiger charge is -2.24. The highest BCUT2D eigenvalue weighted by Crippen LogP contribution is 2.37. The quantitative estimate of drug-likeness (QED) is 0.720. The summed E-state index contributed by atoms with van der Waals surface area (Å²) >= 11 is 0. The molecule has 2 nitrogen and oxygen atoms in total. The van der Waals surface area contributed by atoms with Crippen LogP contribution in [-0.2, 0) is 9.59 Å². The lowest BCUT2D eigenvalue weighted by molar-refractivity contribution is -0.105. The number of hydrogen-bond acceptors (Lipinski definition) is 2. The minimum Gasteiger partial charge on any atom is -0.298 e. The predicted octanol–water partition coefficient (Wildman–Crippen LogP) is 3.71. The molecule has 3 rings (SSSR count). The number of allylic oxidation sites excluding steroid dienone is 14. The smallest absolute Gasteiger partial charge is 0.150 e. The molecule has 0 N–H and O–H groups in total. The molecule has 0 atom stereocenters. The van der Waals surface area contributed by atoms with E-state index in [9.17, 15) is 9.59 Å². The average molecular weight is 276 g/mol. The van der Waals surface area contributed by atoms with Gasteiger partial charge in [-0.1, -0.05) is 29.9 Å². The van der Waals surface area contributed by atoms with Gasteiger partial charge < -0.3 is 0 Å². The van der Waals surface area contributed by atoms with Gasteiger partial charge in [0, 0.05) is 12.0 Å². The Labute approximate surface area is 124 Å². The van der Waals surface area contributed by atoms with Gasteiger partial charge in [-0.15, -0.1) is 0 Å². The Morgan fingerprint density at radius 3 is 2.57 bits per heavy atom. The lowest BCUT2D eigenvalue weighted by Crippen LogP contribution is -2.07. The van der Waals surface area contributed by atoms with Gasteiger partial charge in [0.1, 0.15) is 12.6 Å². The van der Waals surface area contributed by atoms with Gasteiger partial charge in [-0.25, -0.2) is 0 Å². The SMILES string of the molecule is CC1=C/C=C2/CC(C=O)=CC3=C2C/C(=C\C(C=O)=C1)C=C3. The second-order valence-electron chi connectivity index (χ2n) is 5.54. The van der Waals surface area contributed by atoms with E-state index in [0.29, 0.717) is 12.0 Å². The van der Waals surface area contributed by atoms with Crippen LogP contribution in [0.1, 0.15) is 19.8 Å². The molecule has 0 saturated heterocycles. The summed E-state index contributed by atoms with van der Waals surface area (Å²) < 4.78 is 0. The van der Waals surface area contributed by atoms with Crippen LogP contribution in [-0.4, -0.2) is 12.6 Å². The van der Waals surface area contributed by atoms with Gasteiger partial charge in [-0.05, 0) is 59.4 Å². The maximum absolute atomic E-state index is 11.2. The van der Waals surface area contributed by atoms with Crippen molar-refractivity contribution in [3.8, 4) is 0 Å². The van der Waals surface area contributed by atoms with Crippen molar-refractivity contribution in [2.45, 2.75) is 19.8 Å². The molecule has 0 unspecified atom stereocenters. The first-order valence-corrected chi connectivity index (χ1v) is 7.02. The molecule has 2 heteroatoms. The summed E-state index contributed by atoms with van der Waals surface area (Å²) in [5.74, 6) is 0. The minimum absolute atomic E-state index is 0.678. The van der Waals surface area contributed by atoms with Crippen molar-refractivity contribution in [1.82, 2.24) is 0 Å². The standard InChI is InChI=1S/C19H16O2/c1-13-2-4-17-8-16(12-21)9-18-5-3-14(10-19(17)18)7-15(6-13)11-20/h2-7,9,11-12H,8,10H2,1H3/b4-2?,13-2?,13-6?,14-7-,15-6?,15-7?,17-4-. The molecule has 3 aliphatic rings. The Balaban J connectivity index is 2.18. The maximum atomic E-state index is 11.2. The molecular weight excluding hydrogens is 260 g/mol. The highest BCUT2D eigenvalue weighted by atomic mass is 16.1. The van der Waals surface area contributed by atoms with Crippen LogP contribution in [0, 0.1) is 0 Å². The first-order valence-electron chi connectivity index (χ1n) is 7.02. The van der Waals surface area contributed by atoms with Gasteiger partial charge in [0.25, 0.3) is 0 Å². The van der Waals surface area contributed by atoms with Crippen molar-refractivity contribution < 1.29 is 9.59 Å². The first kappa shape index (κ1) is 13.5. The van der Waals surface area contributed by atoms with E-state index in [1.54, 1.807) is 0 Å². The molecule has 0 radical (unpaired) electrons. The van der Waals surface area contributed by atoms with Crippen LogP contribution in [0.4, 0.5) is 0 Å². The molecule has 0 amide bonds. The topological polar surface area (TPSA) is 34.1 Å². The van der Waals surface area contributed by atoms with Crippen LogP contribution in [0.15, 0.2) is 81.5 Å². The highest BCUT2D eigenvalue weighted by molar-refractivity contribution is 5.81. The molecule has 0 aromatic heterocycles. The summed E-state index contributed by atoms with van der Waals surface area (Å²) in [7, 11) is 0. The fourth-order valence-corrected chi connectivity index (χ4v) is 2.88.